The van der Waals surface area contributed by atoms with Crippen molar-refractivity contribution in [3.05, 3.63) is 108 Å². The first kappa shape index (κ1) is 24.0. The van der Waals surface area contributed by atoms with Gasteiger partial charge in [0.1, 0.15) is 13.2 Å². The first-order chi connectivity index (χ1) is 17.1. The van der Waals surface area contributed by atoms with Crippen LogP contribution in [0.3, 0.4) is 0 Å². The number of amides is 3. The van der Waals surface area contributed by atoms with E-state index in [2.05, 4.69) is 5.32 Å². The van der Waals surface area contributed by atoms with Gasteiger partial charge in [-0.3, -0.25) is 4.79 Å². The first-order valence-corrected chi connectivity index (χ1v) is 11.6. The Labute approximate surface area is 204 Å². The molecule has 2 aliphatic heterocycles. The minimum atomic E-state index is -0.540. The lowest BCUT2D eigenvalue weighted by Gasteiger charge is -2.19. The number of ether oxygens (including phenoxy) is 2. The molecule has 3 aromatic rings. The van der Waals surface area contributed by atoms with Crippen LogP contribution in [0.25, 0.3) is 0 Å². The van der Waals surface area contributed by atoms with Crippen LogP contribution in [0.1, 0.15) is 16.7 Å². The normalized spacial score (nSPS) is 18.7. The molecule has 2 saturated heterocycles. The number of hydrogen-bond acceptors (Lipinski definition) is 5. The molecule has 7 heteroatoms. The number of carbonyl (C=O) groups excluding carboxylic acids is 3. The quantitative estimate of drug-likeness (QED) is 0.583. The van der Waals surface area contributed by atoms with Crippen molar-refractivity contribution in [3.8, 4) is 0 Å². The summed E-state index contributed by atoms with van der Waals surface area (Å²) in [6, 6.07) is 29.2. The maximum atomic E-state index is 12.5. The molecule has 2 atom stereocenters. The predicted octanol–water partition coefficient (Wildman–Crippen LogP) is 4.16. The fourth-order valence-corrected chi connectivity index (χ4v) is 4.09. The molecule has 2 aliphatic rings. The molecular weight excluding hydrogens is 444 g/mol. The molecular formula is C28H28N2O5. The number of hydrogen-bond donors (Lipinski definition) is 1. The lowest BCUT2D eigenvalue weighted by atomic mass is 10.0. The van der Waals surface area contributed by atoms with Crippen LogP contribution in [0.2, 0.25) is 0 Å². The highest BCUT2D eigenvalue weighted by molar-refractivity contribution is 5.94. The largest absolute Gasteiger partial charge is 0.447 e. The lowest BCUT2D eigenvalue weighted by molar-refractivity contribution is -0.128. The Morgan fingerprint density at radius 2 is 1.29 bits per heavy atom. The fraction of sp³-hybridized carbons (Fsp3) is 0.250. The highest BCUT2D eigenvalue weighted by Gasteiger charge is 2.37. The molecule has 3 aromatic carbocycles. The summed E-state index contributed by atoms with van der Waals surface area (Å²) in [7, 11) is 0. The van der Waals surface area contributed by atoms with Gasteiger partial charge in [0, 0.05) is 0 Å². The van der Waals surface area contributed by atoms with Gasteiger partial charge in [0.25, 0.3) is 0 Å². The third-order valence-electron chi connectivity index (χ3n) is 5.80. The molecule has 35 heavy (non-hydrogen) atoms. The number of imide groups is 1. The summed E-state index contributed by atoms with van der Waals surface area (Å²) in [5, 5.41) is 2.74. The van der Waals surface area contributed by atoms with Crippen LogP contribution >= 0.6 is 0 Å². The second-order valence-electron chi connectivity index (χ2n) is 8.48. The number of cyclic esters (lactones) is 2. The van der Waals surface area contributed by atoms with E-state index in [0.717, 1.165) is 17.5 Å². The van der Waals surface area contributed by atoms with E-state index in [9.17, 15) is 14.4 Å². The van der Waals surface area contributed by atoms with Gasteiger partial charge in [-0.1, -0.05) is 91.0 Å². The van der Waals surface area contributed by atoms with Gasteiger partial charge in [-0.05, 0) is 29.5 Å². The van der Waals surface area contributed by atoms with Crippen LogP contribution in [0.15, 0.2) is 91.0 Å². The summed E-state index contributed by atoms with van der Waals surface area (Å²) in [6.07, 6.45) is 0.823. The number of rotatable bonds is 6. The van der Waals surface area contributed by atoms with Crippen molar-refractivity contribution in [2.45, 2.75) is 31.3 Å². The smallest absolute Gasteiger partial charge is 0.416 e. The summed E-state index contributed by atoms with van der Waals surface area (Å²) < 4.78 is 9.86. The second-order valence-corrected chi connectivity index (χ2v) is 8.48. The summed E-state index contributed by atoms with van der Waals surface area (Å²) in [6.45, 7) is 0.738. The van der Waals surface area contributed by atoms with Crippen LogP contribution in [0.4, 0.5) is 9.59 Å². The zero-order valence-corrected chi connectivity index (χ0v) is 19.3. The number of alkyl carbamates (subject to hydrolysis) is 1. The molecule has 3 amide bonds. The van der Waals surface area contributed by atoms with Gasteiger partial charge in [0.05, 0.1) is 18.5 Å². The monoisotopic (exact) mass is 472 g/mol. The Hall–Kier alpha value is -4.13. The van der Waals surface area contributed by atoms with E-state index in [0.29, 0.717) is 13.0 Å². The second kappa shape index (κ2) is 11.8. The zero-order chi connectivity index (χ0) is 24.5. The topological polar surface area (TPSA) is 84.9 Å². The zero-order valence-electron chi connectivity index (χ0n) is 19.3. The number of carbonyl (C=O) groups is 3. The Bertz CT molecular complexity index is 1120. The van der Waals surface area contributed by atoms with Gasteiger partial charge < -0.3 is 14.8 Å². The Balaban J connectivity index is 0.000000189. The maximum absolute atomic E-state index is 12.5. The molecule has 0 aliphatic carbocycles. The third kappa shape index (κ3) is 6.93. The van der Waals surface area contributed by atoms with Crippen molar-refractivity contribution in [2.75, 3.05) is 13.2 Å². The molecule has 0 bridgehead atoms. The Morgan fingerprint density at radius 3 is 1.83 bits per heavy atom. The van der Waals surface area contributed by atoms with Crippen LogP contribution < -0.4 is 5.32 Å². The number of nitrogens with one attached hydrogen (secondary N) is 1. The van der Waals surface area contributed by atoms with Crippen molar-refractivity contribution < 1.29 is 23.9 Å². The number of nitrogens with zero attached hydrogens (tertiary/aromatic N) is 1. The molecule has 2 fully saturated rings. The molecule has 0 unspecified atom stereocenters. The Morgan fingerprint density at radius 1 is 0.743 bits per heavy atom. The summed E-state index contributed by atoms with van der Waals surface area (Å²) in [4.78, 5) is 36.3. The predicted molar refractivity (Wildman–Crippen MR) is 131 cm³/mol. The third-order valence-corrected chi connectivity index (χ3v) is 5.80. The van der Waals surface area contributed by atoms with Crippen LogP contribution in [-0.4, -0.2) is 48.3 Å². The van der Waals surface area contributed by atoms with Gasteiger partial charge in [-0.15, -0.1) is 0 Å². The summed E-state index contributed by atoms with van der Waals surface area (Å²) >= 11 is 0. The maximum Gasteiger partial charge on any atom is 0.416 e. The van der Waals surface area contributed by atoms with E-state index in [1.807, 2.05) is 91.0 Å². The molecule has 1 N–H and O–H groups in total. The van der Waals surface area contributed by atoms with Crippen molar-refractivity contribution in [1.82, 2.24) is 10.2 Å². The van der Waals surface area contributed by atoms with Gasteiger partial charge in [-0.2, -0.15) is 0 Å². The van der Waals surface area contributed by atoms with Gasteiger partial charge in [0.2, 0.25) is 5.91 Å². The first-order valence-electron chi connectivity index (χ1n) is 11.6. The van der Waals surface area contributed by atoms with Crippen molar-refractivity contribution >= 4 is 18.1 Å². The van der Waals surface area contributed by atoms with Crippen LogP contribution in [0.5, 0.6) is 0 Å². The van der Waals surface area contributed by atoms with Crippen molar-refractivity contribution in [2.24, 2.45) is 0 Å². The molecule has 0 radical (unpaired) electrons. The molecule has 0 aromatic heterocycles. The average molecular weight is 473 g/mol. The molecule has 5 rings (SSSR count). The minimum Gasteiger partial charge on any atom is -0.447 e. The molecule has 0 saturated carbocycles. The number of benzene rings is 3. The van der Waals surface area contributed by atoms with Crippen molar-refractivity contribution in [3.63, 3.8) is 0 Å². The standard InChI is InChI=1S/C18H17NO3.C10H11NO2/c20-17(12-15-9-5-2-6-10-15)19-16(13-22-18(19)21)11-14-7-3-1-4-8-14;12-10-11-9(7-13-10)6-8-4-2-1-3-5-8/h1-10,16H,11-13H2;1-5,9H,6-7H2,(H,11,12)/t16-;9-/m00/s1. The van der Waals surface area contributed by atoms with Crippen molar-refractivity contribution in [1.29, 1.82) is 0 Å². The van der Waals surface area contributed by atoms with E-state index in [1.54, 1.807) is 0 Å². The van der Waals surface area contributed by atoms with E-state index in [-0.39, 0.29) is 37.1 Å². The van der Waals surface area contributed by atoms with Gasteiger partial charge in [-0.25, -0.2) is 14.5 Å². The minimum absolute atomic E-state index is 0.134. The lowest BCUT2D eigenvalue weighted by Crippen LogP contribution is -2.41. The molecule has 2 heterocycles. The summed E-state index contributed by atoms with van der Waals surface area (Å²) in [5.41, 5.74) is 3.20. The Kier molecular flexibility index (Phi) is 8.12. The van der Waals surface area contributed by atoms with E-state index in [1.165, 1.54) is 10.5 Å². The average Bonchev–Trinajstić information content (AvgIpc) is 3.46. The molecule has 7 nitrogen and oxygen atoms in total. The fourth-order valence-electron chi connectivity index (χ4n) is 4.09. The van der Waals surface area contributed by atoms with E-state index >= 15 is 0 Å². The SMILES string of the molecule is O=C(Cc1ccccc1)N1C(=O)OC[C@@H]1Cc1ccccc1.O=C1N[C@@H](Cc2ccccc2)CO1. The summed E-state index contributed by atoms with van der Waals surface area (Å²) in [5.74, 6) is -0.213. The van der Waals surface area contributed by atoms with Crippen LogP contribution in [-0.2, 0) is 33.5 Å². The van der Waals surface area contributed by atoms with E-state index in [4.69, 9.17) is 9.47 Å². The van der Waals surface area contributed by atoms with E-state index < -0.39 is 6.09 Å². The molecule has 0 spiro atoms. The highest BCUT2D eigenvalue weighted by atomic mass is 16.6. The molecule has 180 valence electrons. The van der Waals surface area contributed by atoms with Gasteiger partial charge in [0.15, 0.2) is 0 Å². The van der Waals surface area contributed by atoms with Gasteiger partial charge >= 0.3 is 12.2 Å². The highest BCUT2D eigenvalue weighted by Crippen LogP contribution is 2.19. The van der Waals surface area contributed by atoms with Crippen LogP contribution in [0, 0.1) is 0 Å².